The average Bonchev–Trinajstić information content (AvgIpc) is 2.79. The van der Waals surface area contributed by atoms with E-state index in [9.17, 15) is 0 Å². The highest BCUT2D eigenvalue weighted by molar-refractivity contribution is 4.88. The number of hydrogen-bond acceptors (Lipinski definition) is 3. The fraction of sp³-hybridized carbons (Fsp3) is 0.846. The Bertz CT molecular complexity index is 318. The Labute approximate surface area is 104 Å². The maximum Gasteiger partial charge on any atom is 0.137 e. The van der Waals surface area contributed by atoms with Gasteiger partial charge in [-0.1, -0.05) is 26.7 Å². The highest BCUT2D eigenvalue weighted by Gasteiger charge is 2.31. The van der Waals surface area contributed by atoms with Crippen LogP contribution in [0, 0.1) is 5.41 Å². The summed E-state index contributed by atoms with van der Waals surface area (Å²) in [5, 5.41) is 10.5. The maximum atomic E-state index is 4.13. The monoisotopic (exact) mass is 236 g/mol. The number of rotatable bonds is 5. The van der Waals surface area contributed by atoms with Gasteiger partial charge in [-0.3, -0.25) is 5.10 Å². The third-order valence-electron chi connectivity index (χ3n) is 3.95. The first kappa shape index (κ1) is 12.6. The standard InChI is InChI=1S/C13H24N4/c1-13(2)8-4-3-6-11(13)14-9-5-7-12-15-10-16-17-12/h10-11,14H,3-9H2,1-2H3,(H,15,16,17). The SMILES string of the molecule is CC1(C)CCCCC1NCCCc1ncn[nH]1. The van der Waals surface area contributed by atoms with E-state index in [1.807, 2.05) is 0 Å². The average molecular weight is 236 g/mol. The number of nitrogens with zero attached hydrogens (tertiary/aromatic N) is 2. The molecular formula is C13H24N4. The molecule has 1 atom stereocenters. The number of hydrogen-bond donors (Lipinski definition) is 2. The van der Waals surface area contributed by atoms with Crippen LogP contribution in [0.2, 0.25) is 0 Å². The number of aromatic amines is 1. The smallest absolute Gasteiger partial charge is 0.137 e. The Morgan fingerprint density at radius 2 is 2.35 bits per heavy atom. The van der Waals surface area contributed by atoms with Crippen molar-refractivity contribution in [3.63, 3.8) is 0 Å². The molecule has 4 heteroatoms. The molecule has 17 heavy (non-hydrogen) atoms. The third-order valence-corrected chi connectivity index (χ3v) is 3.95. The van der Waals surface area contributed by atoms with Crippen molar-refractivity contribution in [1.82, 2.24) is 20.5 Å². The van der Waals surface area contributed by atoms with Crippen LogP contribution in [0.25, 0.3) is 0 Å². The lowest BCUT2D eigenvalue weighted by molar-refractivity contribution is 0.168. The molecule has 2 N–H and O–H groups in total. The van der Waals surface area contributed by atoms with Gasteiger partial charge in [0.15, 0.2) is 0 Å². The van der Waals surface area contributed by atoms with E-state index in [2.05, 4.69) is 34.3 Å². The van der Waals surface area contributed by atoms with Crippen molar-refractivity contribution in [2.45, 2.75) is 58.4 Å². The van der Waals surface area contributed by atoms with Crippen LogP contribution < -0.4 is 5.32 Å². The second kappa shape index (κ2) is 5.63. The lowest BCUT2D eigenvalue weighted by atomic mass is 9.73. The van der Waals surface area contributed by atoms with Gasteiger partial charge in [-0.15, -0.1) is 0 Å². The van der Waals surface area contributed by atoms with Crippen molar-refractivity contribution in [2.24, 2.45) is 5.41 Å². The van der Waals surface area contributed by atoms with Crippen LogP contribution in [-0.2, 0) is 6.42 Å². The first-order valence-corrected chi connectivity index (χ1v) is 6.76. The molecule has 0 saturated heterocycles. The quantitative estimate of drug-likeness (QED) is 0.771. The second-order valence-electron chi connectivity index (χ2n) is 5.78. The molecule has 0 bridgehead atoms. The van der Waals surface area contributed by atoms with E-state index >= 15 is 0 Å². The van der Waals surface area contributed by atoms with Gasteiger partial charge < -0.3 is 5.32 Å². The number of nitrogens with one attached hydrogen (secondary N) is 2. The predicted molar refractivity (Wildman–Crippen MR) is 68.7 cm³/mol. The van der Waals surface area contributed by atoms with Crippen molar-refractivity contribution in [1.29, 1.82) is 0 Å². The van der Waals surface area contributed by atoms with Gasteiger partial charge >= 0.3 is 0 Å². The van der Waals surface area contributed by atoms with Gasteiger partial charge in [0, 0.05) is 12.5 Å². The van der Waals surface area contributed by atoms with Crippen LogP contribution in [0.1, 0.15) is 51.8 Å². The van der Waals surface area contributed by atoms with Gasteiger partial charge in [-0.25, -0.2) is 4.98 Å². The van der Waals surface area contributed by atoms with Crippen molar-refractivity contribution in [3.05, 3.63) is 12.2 Å². The fourth-order valence-electron chi connectivity index (χ4n) is 2.76. The molecule has 1 aromatic heterocycles. The van der Waals surface area contributed by atoms with Crippen molar-refractivity contribution < 1.29 is 0 Å². The van der Waals surface area contributed by atoms with E-state index < -0.39 is 0 Å². The molecule has 1 heterocycles. The van der Waals surface area contributed by atoms with E-state index in [4.69, 9.17) is 0 Å². The Morgan fingerprint density at radius 1 is 1.47 bits per heavy atom. The minimum atomic E-state index is 0.463. The topological polar surface area (TPSA) is 53.6 Å². The molecule has 0 spiro atoms. The first-order valence-electron chi connectivity index (χ1n) is 6.76. The summed E-state index contributed by atoms with van der Waals surface area (Å²) in [5.41, 5.74) is 0.463. The Kier molecular flexibility index (Phi) is 4.15. The molecule has 0 amide bonds. The molecular weight excluding hydrogens is 212 g/mol. The molecule has 0 radical (unpaired) electrons. The Balaban J connectivity index is 1.67. The van der Waals surface area contributed by atoms with Crippen molar-refractivity contribution in [2.75, 3.05) is 6.54 Å². The van der Waals surface area contributed by atoms with Crippen LogP contribution in [0.4, 0.5) is 0 Å². The summed E-state index contributed by atoms with van der Waals surface area (Å²) in [5.74, 6) is 0.995. The highest BCUT2D eigenvalue weighted by Crippen LogP contribution is 2.35. The summed E-state index contributed by atoms with van der Waals surface area (Å²) in [7, 11) is 0. The van der Waals surface area contributed by atoms with E-state index in [-0.39, 0.29) is 0 Å². The van der Waals surface area contributed by atoms with Gasteiger partial charge in [0.05, 0.1) is 0 Å². The summed E-state index contributed by atoms with van der Waals surface area (Å²) < 4.78 is 0. The van der Waals surface area contributed by atoms with E-state index in [1.54, 1.807) is 6.33 Å². The molecule has 4 nitrogen and oxygen atoms in total. The number of aromatic nitrogens is 3. The molecule has 1 saturated carbocycles. The molecule has 1 fully saturated rings. The zero-order valence-electron chi connectivity index (χ0n) is 11.0. The van der Waals surface area contributed by atoms with Gasteiger partial charge in [-0.2, -0.15) is 5.10 Å². The predicted octanol–water partition coefficient (Wildman–Crippen LogP) is 2.30. The third kappa shape index (κ3) is 3.53. The second-order valence-corrected chi connectivity index (χ2v) is 5.78. The molecule has 0 aliphatic heterocycles. The van der Waals surface area contributed by atoms with Crippen molar-refractivity contribution >= 4 is 0 Å². The van der Waals surface area contributed by atoms with Crippen LogP contribution >= 0.6 is 0 Å². The Hall–Kier alpha value is -0.900. The molecule has 0 aromatic carbocycles. The zero-order valence-corrected chi connectivity index (χ0v) is 11.0. The molecule has 1 aliphatic rings. The molecule has 1 aliphatic carbocycles. The summed E-state index contributed by atoms with van der Waals surface area (Å²) in [6.07, 6.45) is 9.14. The van der Waals surface area contributed by atoms with Gasteiger partial charge in [0.1, 0.15) is 12.2 Å². The van der Waals surface area contributed by atoms with Crippen LogP contribution in [0.5, 0.6) is 0 Å². The zero-order chi connectivity index (χ0) is 12.1. The summed E-state index contributed by atoms with van der Waals surface area (Å²) >= 11 is 0. The number of aryl methyl sites for hydroxylation is 1. The molecule has 2 rings (SSSR count). The number of H-pyrrole nitrogens is 1. The van der Waals surface area contributed by atoms with Crippen molar-refractivity contribution in [3.8, 4) is 0 Å². The maximum absolute atomic E-state index is 4.13. The minimum Gasteiger partial charge on any atom is -0.313 e. The van der Waals surface area contributed by atoms with E-state index in [1.165, 1.54) is 25.7 Å². The molecule has 1 unspecified atom stereocenters. The fourth-order valence-corrected chi connectivity index (χ4v) is 2.76. The van der Waals surface area contributed by atoms with E-state index in [0.717, 1.165) is 25.2 Å². The minimum absolute atomic E-state index is 0.463. The van der Waals surface area contributed by atoms with Gasteiger partial charge in [-0.05, 0) is 31.2 Å². The van der Waals surface area contributed by atoms with Crippen LogP contribution in [-0.4, -0.2) is 27.8 Å². The summed E-state index contributed by atoms with van der Waals surface area (Å²) in [4.78, 5) is 4.13. The molecule has 1 aromatic rings. The lowest BCUT2D eigenvalue weighted by Crippen LogP contribution is -2.44. The lowest BCUT2D eigenvalue weighted by Gasteiger charge is -2.39. The summed E-state index contributed by atoms with van der Waals surface area (Å²) in [6.45, 7) is 5.86. The highest BCUT2D eigenvalue weighted by atomic mass is 15.2. The van der Waals surface area contributed by atoms with Gasteiger partial charge in [0.2, 0.25) is 0 Å². The Morgan fingerprint density at radius 3 is 3.06 bits per heavy atom. The van der Waals surface area contributed by atoms with E-state index in [0.29, 0.717) is 11.5 Å². The van der Waals surface area contributed by atoms with Crippen LogP contribution in [0.15, 0.2) is 6.33 Å². The first-order chi connectivity index (χ1) is 8.18. The largest absolute Gasteiger partial charge is 0.313 e. The van der Waals surface area contributed by atoms with Gasteiger partial charge in [0.25, 0.3) is 0 Å². The molecule has 96 valence electrons. The summed E-state index contributed by atoms with van der Waals surface area (Å²) in [6, 6.07) is 0.686. The van der Waals surface area contributed by atoms with Crippen LogP contribution in [0.3, 0.4) is 0 Å². The normalized spacial score (nSPS) is 23.8.